The molecule has 0 spiro atoms. The van der Waals surface area contributed by atoms with Crippen molar-refractivity contribution < 1.29 is 23.8 Å². The van der Waals surface area contributed by atoms with E-state index < -0.39 is 11.6 Å². The minimum atomic E-state index is -0.743. The Kier molecular flexibility index (Phi) is 9.77. The number of carbonyl (C=O) groups is 2. The lowest BCUT2D eigenvalue weighted by atomic mass is 10.0. The Balaban J connectivity index is 1.94. The number of carbonyl (C=O) groups excluding carboxylic acids is 2. The first-order valence-corrected chi connectivity index (χ1v) is 12.6. The zero-order valence-electron chi connectivity index (χ0n) is 23.1. The second kappa shape index (κ2) is 13.0. The molecule has 38 heavy (non-hydrogen) atoms. The van der Waals surface area contributed by atoms with Crippen LogP contribution in [0, 0.1) is 6.92 Å². The fourth-order valence-corrected chi connectivity index (χ4v) is 4.11. The highest BCUT2D eigenvalue weighted by Gasteiger charge is 2.32. The number of nitrogens with one attached hydrogen (secondary N) is 1. The summed E-state index contributed by atoms with van der Waals surface area (Å²) in [5.74, 6) is 1.01. The van der Waals surface area contributed by atoms with Gasteiger partial charge in [0.15, 0.2) is 6.61 Å². The van der Waals surface area contributed by atoms with E-state index in [-0.39, 0.29) is 25.0 Å². The van der Waals surface area contributed by atoms with Crippen molar-refractivity contribution in [2.45, 2.75) is 52.2 Å². The number of hydrogen-bond donors (Lipinski definition) is 1. The first kappa shape index (κ1) is 28.6. The molecular formula is C31H38N2O5. The van der Waals surface area contributed by atoms with Crippen molar-refractivity contribution in [2.24, 2.45) is 0 Å². The highest BCUT2D eigenvalue weighted by Crippen LogP contribution is 2.27. The van der Waals surface area contributed by atoms with Crippen LogP contribution in [0.3, 0.4) is 0 Å². The number of nitrogens with zero attached hydrogens (tertiary/aromatic N) is 1. The van der Waals surface area contributed by atoms with Crippen LogP contribution in [0.4, 0.5) is 0 Å². The predicted molar refractivity (Wildman–Crippen MR) is 149 cm³/mol. The predicted octanol–water partition coefficient (Wildman–Crippen LogP) is 4.95. The zero-order valence-corrected chi connectivity index (χ0v) is 23.1. The van der Waals surface area contributed by atoms with Crippen molar-refractivity contribution in [3.8, 4) is 17.2 Å². The third kappa shape index (κ3) is 8.54. The first-order valence-electron chi connectivity index (χ1n) is 12.6. The van der Waals surface area contributed by atoms with Gasteiger partial charge in [-0.05, 0) is 38.8 Å². The van der Waals surface area contributed by atoms with Gasteiger partial charge in [-0.15, -0.1) is 0 Å². The van der Waals surface area contributed by atoms with E-state index in [2.05, 4.69) is 5.32 Å². The van der Waals surface area contributed by atoms with Gasteiger partial charge in [-0.3, -0.25) is 9.59 Å². The maximum atomic E-state index is 13.8. The third-order valence-corrected chi connectivity index (χ3v) is 5.89. The molecule has 2 amide bonds. The summed E-state index contributed by atoms with van der Waals surface area (Å²) in [7, 11) is 3.10. The largest absolute Gasteiger partial charge is 0.496 e. The molecule has 0 radical (unpaired) electrons. The number of rotatable bonds is 11. The van der Waals surface area contributed by atoms with Crippen LogP contribution in [-0.2, 0) is 22.6 Å². The summed E-state index contributed by atoms with van der Waals surface area (Å²) in [6, 6.07) is 22.0. The molecule has 3 aromatic carbocycles. The molecule has 7 heteroatoms. The number of hydrogen-bond acceptors (Lipinski definition) is 5. The molecule has 0 aromatic heterocycles. The Morgan fingerprint density at radius 3 is 2.03 bits per heavy atom. The Hall–Kier alpha value is -4.00. The second-order valence-electron chi connectivity index (χ2n) is 10.3. The summed E-state index contributed by atoms with van der Waals surface area (Å²) in [6.07, 6.45) is 0.368. The number of methoxy groups -OCH3 is 2. The van der Waals surface area contributed by atoms with Crippen molar-refractivity contribution in [2.75, 3.05) is 20.8 Å². The van der Waals surface area contributed by atoms with E-state index in [0.29, 0.717) is 23.7 Å². The maximum absolute atomic E-state index is 13.8. The van der Waals surface area contributed by atoms with Gasteiger partial charge in [0.2, 0.25) is 5.91 Å². The SMILES string of the molecule is COc1cc(OC)cc(OCC(=O)N(Cc2cccc(C)c2)C(Cc2ccccc2)C(=O)NC(C)(C)C)c1. The summed E-state index contributed by atoms with van der Waals surface area (Å²) in [5, 5.41) is 3.07. The molecule has 3 rings (SSSR count). The monoisotopic (exact) mass is 518 g/mol. The van der Waals surface area contributed by atoms with E-state index in [4.69, 9.17) is 14.2 Å². The van der Waals surface area contributed by atoms with E-state index in [1.54, 1.807) is 37.3 Å². The van der Waals surface area contributed by atoms with Crippen LogP contribution < -0.4 is 19.5 Å². The Labute approximate surface area is 225 Å². The highest BCUT2D eigenvalue weighted by molar-refractivity contribution is 5.89. The molecule has 7 nitrogen and oxygen atoms in total. The maximum Gasteiger partial charge on any atom is 0.261 e. The van der Waals surface area contributed by atoms with Gasteiger partial charge in [0.05, 0.1) is 14.2 Å². The molecule has 0 aliphatic heterocycles. The lowest BCUT2D eigenvalue weighted by Crippen LogP contribution is -2.55. The van der Waals surface area contributed by atoms with Gasteiger partial charge in [-0.2, -0.15) is 0 Å². The second-order valence-corrected chi connectivity index (χ2v) is 10.3. The molecule has 0 saturated carbocycles. The molecule has 0 fully saturated rings. The van der Waals surface area contributed by atoms with E-state index in [1.165, 1.54) is 0 Å². The van der Waals surface area contributed by atoms with Crippen LogP contribution >= 0.6 is 0 Å². The van der Waals surface area contributed by atoms with Gasteiger partial charge in [0.1, 0.15) is 23.3 Å². The molecule has 0 heterocycles. The normalized spacial score (nSPS) is 11.8. The van der Waals surface area contributed by atoms with E-state index in [9.17, 15) is 9.59 Å². The van der Waals surface area contributed by atoms with Crippen LogP contribution in [0.1, 0.15) is 37.5 Å². The van der Waals surface area contributed by atoms with Crippen LogP contribution in [0.25, 0.3) is 0 Å². The van der Waals surface area contributed by atoms with Gasteiger partial charge in [0.25, 0.3) is 5.91 Å². The lowest BCUT2D eigenvalue weighted by Gasteiger charge is -2.33. The number of aryl methyl sites for hydroxylation is 1. The van der Waals surface area contributed by atoms with E-state index in [1.807, 2.05) is 82.3 Å². The van der Waals surface area contributed by atoms with E-state index in [0.717, 1.165) is 16.7 Å². The molecule has 202 valence electrons. The van der Waals surface area contributed by atoms with Crippen molar-refractivity contribution in [1.82, 2.24) is 10.2 Å². The number of benzene rings is 3. The Bertz CT molecular complexity index is 1200. The van der Waals surface area contributed by atoms with Gasteiger partial charge in [0, 0.05) is 36.7 Å². The Morgan fingerprint density at radius 1 is 0.842 bits per heavy atom. The minimum Gasteiger partial charge on any atom is -0.496 e. The van der Waals surface area contributed by atoms with E-state index >= 15 is 0 Å². The van der Waals surface area contributed by atoms with Gasteiger partial charge in [-0.1, -0.05) is 60.2 Å². The third-order valence-electron chi connectivity index (χ3n) is 5.89. The molecule has 1 atom stereocenters. The molecular weight excluding hydrogens is 480 g/mol. The quantitative estimate of drug-likeness (QED) is 0.389. The highest BCUT2D eigenvalue weighted by atomic mass is 16.5. The van der Waals surface area contributed by atoms with Crippen molar-refractivity contribution in [3.63, 3.8) is 0 Å². The average Bonchev–Trinajstić information content (AvgIpc) is 2.88. The van der Waals surface area contributed by atoms with Gasteiger partial charge >= 0.3 is 0 Å². The lowest BCUT2D eigenvalue weighted by molar-refractivity contribution is -0.143. The van der Waals surface area contributed by atoms with Gasteiger partial charge < -0.3 is 24.4 Å². The molecule has 3 aromatic rings. The summed E-state index contributed by atoms with van der Waals surface area (Å²) in [6.45, 7) is 7.79. The minimum absolute atomic E-state index is 0.217. The number of amides is 2. The van der Waals surface area contributed by atoms with Crippen LogP contribution in [0.5, 0.6) is 17.2 Å². The average molecular weight is 519 g/mol. The summed E-state index contributed by atoms with van der Waals surface area (Å²) in [4.78, 5) is 29.0. The van der Waals surface area contributed by atoms with Gasteiger partial charge in [-0.25, -0.2) is 0 Å². The van der Waals surface area contributed by atoms with Crippen molar-refractivity contribution in [3.05, 3.63) is 89.5 Å². The van der Waals surface area contributed by atoms with Crippen LogP contribution in [0.15, 0.2) is 72.8 Å². The van der Waals surface area contributed by atoms with Crippen LogP contribution in [0.2, 0.25) is 0 Å². The Morgan fingerprint density at radius 2 is 1.45 bits per heavy atom. The molecule has 0 aliphatic carbocycles. The first-order chi connectivity index (χ1) is 18.1. The molecule has 0 bridgehead atoms. The summed E-state index contributed by atoms with van der Waals surface area (Å²) in [5.41, 5.74) is 2.51. The zero-order chi connectivity index (χ0) is 27.7. The fourth-order valence-electron chi connectivity index (χ4n) is 4.11. The molecule has 0 saturated heterocycles. The number of ether oxygens (including phenoxy) is 3. The molecule has 1 N–H and O–H groups in total. The molecule has 0 aliphatic rings. The molecule has 1 unspecified atom stereocenters. The smallest absolute Gasteiger partial charge is 0.261 e. The van der Waals surface area contributed by atoms with Crippen molar-refractivity contribution >= 4 is 11.8 Å². The standard InChI is InChI=1S/C31H38N2O5/c1-22-11-10-14-24(15-22)20-33(29(34)21-38-27-18-25(36-5)17-26(19-27)37-6)28(30(35)32-31(2,3)4)16-23-12-8-7-9-13-23/h7-15,17-19,28H,16,20-21H2,1-6H3,(H,32,35). The fraction of sp³-hybridized carbons (Fsp3) is 0.355. The summed E-state index contributed by atoms with van der Waals surface area (Å²) < 4.78 is 16.5. The van der Waals surface area contributed by atoms with Crippen molar-refractivity contribution in [1.29, 1.82) is 0 Å². The topological polar surface area (TPSA) is 77.1 Å². The van der Waals surface area contributed by atoms with Crippen LogP contribution in [-0.4, -0.2) is 49.1 Å². The summed E-state index contributed by atoms with van der Waals surface area (Å²) >= 11 is 0.